The average molecular weight is 448 g/mol. The van der Waals surface area contributed by atoms with Crippen molar-refractivity contribution in [3.63, 3.8) is 0 Å². The maximum Gasteiger partial charge on any atom is 0.225 e. The lowest BCUT2D eigenvalue weighted by atomic mass is 10.00. The first-order valence-corrected chi connectivity index (χ1v) is 12.1. The molecule has 3 heterocycles. The van der Waals surface area contributed by atoms with E-state index in [1.165, 1.54) is 24.0 Å². The maximum absolute atomic E-state index is 12.6. The van der Waals surface area contributed by atoms with Crippen LogP contribution in [0.1, 0.15) is 60.5 Å². The van der Waals surface area contributed by atoms with E-state index in [4.69, 9.17) is 10.7 Å². The minimum Gasteiger partial charge on any atom is -0.396 e. The minimum atomic E-state index is -0.0943. The monoisotopic (exact) mass is 447 g/mol. The number of rotatable bonds is 8. The highest BCUT2D eigenvalue weighted by Gasteiger charge is 2.41. The van der Waals surface area contributed by atoms with Gasteiger partial charge < -0.3 is 20.6 Å². The number of aliphatic hydroxyl groups is 1. The molecule has 2 aliphatic carbocycles. The van der Waals surface area contributed by atoms with Crippen LogP contribution in [0.25, 0.3) is 6.08 Å². The number of hydrogen-bond acceptors (Lipinski definition) is 6. The third kappa shape index (κ3) is 4.74. The molecule has 3 aliphatic rings. The van der Waals surface area contributed by atoms with Crippen molar-refractivity contribution < 1.29 is 9.90 Å². The van der Waals surface area contributed by atoms with E-state index in [1.807, 2.05) is 17.2 Å². The van der Waals surface area contributed by atoms with E-state index >= 15 is 0 Å². The van der Waals surface area contributed by atoms with Crippen LogP contribution < -0.4 is 10.6 Å². The van der Waals surface area contributed by atoms with Gasteiger partial charge in [0.25, 0.3) is 0 Å². The molecular formula is C26H33N5O2. The lowest BCUT2D eigenvalue weighted by Gasteiger charge is -2.42. The maximum atomic E-state index is 12.6. The third-order valence-electron chi connectivity index (χ3n) is 7.09. The van der Waals surface area contributed by atoms with Gasteiger partial charge in [-0.2, -0.15) is 0 Å². The molecule has 2 aromatic heterocycles. The van der Waals surface area contributed by atoms with E-state index in [0.29, 0.717) is 30.6 Å². The summed E-state index contributed by atoms with van der Waals surface area (Å²) in [5.41, 5.74) is 11.7. The van der Waals surface area contributed by atoms with Crippen molar-refractivity contribution in [2.75, 3.05) is 36.9 Å². The SMILES string of the molecule is C=Cc1cc(Cc2cc(N)c(N3CCN(C(=O)CCO)[C@H](C4CC4)C3)nc2C2CC2)ccn1. The highest BCUT2D eigenvalue weighted by Crippen LogP contribution is 2.44. The molecule has 3 fully saturated rings. The standard InChI is InChI=1S/C26H33N5O2/c1-2-21-14-17(7-9-28-21)13-20-15-22(27)26(29-25(20)19-5-6-19)30-10-11-31(24(33)8-12-32)23(16-30)18-3-4-18/h2,7,9,14-15,18-19,23,32H,1,3-6,8,10-13,16,27H2/t23-/m0/s1. The fraction of sp³-hybridized carbons (Fsp3) is 0.500. The molecule has 3 N–H and O–H groups in total. The van der Waals surface area contributed by atoms with Gasteiger partial charge in [-0.3, -0.25) is 9.78 Å². The summed E-state index contributed by atoms with van der Waals surface area (Å²) in [4.78, 5) is 26.3. The number of anilines is 2. The van der Waals surface area contributed by atoms with Gasteiger partial charge >= 0.3 is 0 Å². The zero-order chi connectivity index (χ0) is 22.9. The highest BCUT2D eigenvalue weighted by molar-refractivity contribution is 5.77. The van der Waals surface area contributed by atoms with Gasteiger partial charge in [-0.25, -0.2) is 4.98 Å². The third-order valence-corrected chi connectivity index (χ3v) is 7.09. The van der Waals surface area contributed by atoms with E-state index in [-0.39, 0.29) is 25.0 Å². The molecule has 1 saturated heterocycles. The Hall–Kier alpha value is -2.93. The van der Waals surface area contributed by atoms with Crippen LogP contribution in [0.2, 0.25) is 0 Å². The summed E-state index contributed by atoms with van der Waals surface area (Å²) in [5.74, 6) is 1.97. The van der Waals surface area contributed by atoms with Crippen LogP contribution in [0.4, 0.5) is 11.5 Å². The Morgan fingerprint density at radius 1 is 1.24 bits per heavy atom. The topological polar surface area (TPSA) is 95.6 Å². The van der Waals surface area contributed by atoms with Crippen LogP contribution in [-0.2, 0) is 11.2 Å². The van der Waals surface area contributed by atoms with Gasteiger partial charge in [0.15, 0.2) is 5.82 Å². The van der Waals surface area contributed by atoms with Crippen LogP contribution in [0.15, 0.2) is 31.0 Å². The zero-order valence-electron chi connectivity index (χ0n) is 19.1. The number of aliphatic hydroxyl groups excluding tert-OH is 1. The molecule has 1 amide bonds. The van der Waals surface area contributed by atoms with Crippen LogP contribution in [0, 0.1) is 5.92 Å². The first kappa shape index (κ1) is 21.9. The molecule has 174 valence electrons. The van der Waals surface area contributed by atoms with E-state index in [1.54, 1.807) is 6.08 Å². The molecule has 7 nitrogen and oxygen atoms in total. The molecule has 0 bridgehead atoms. The predicted molar refractivity (Wildman–Crippen MR) is 130 cm³/mol. The molecule has 33 heavy (non-hydrogen) atoms. The van der Waals surface area contributed by atoms with E-state index in [9.17, 15) is 9.90 Å². The Morgan fingerprint density at radius 2 is 2.06 bits per heavy atom. The quantitative estimate of drug-likeness (QED) is 0.646. The summed E-state index contributed by atoms with van der Waals surface area (Å²) in [6, 6.07) is 6.39. The Balaban J connectivity index is 1.40. The minimum absolute atomic E-state index is 0.0558. The molecule has 5 rings (SSSR count). The number of carbonyl (C=O) groups excluding carboxylic acids is 1. The summed E-state index contributed by atoms with van der Waals surface area (Å²) in [6.45, 7) is 5.86. The second-order valence-electron chi connectivity index (χ2n) is 9.60. The van der Waals surface area contributed by atoms with Crippen LogP contribution >= 0.6 is 0 Å². The number of nitrogen functional groups attached to an aromatic ring is 1. The number of piperazine rings is 1. The molecule has 2 aromatic rings. The molecule has 7 heteroatoms. The Morgan fingerprint density at radius 3 is 2.76 bits per heavy atom. The van der Waals surface area contributed by atoms with Crippen molar-refractivity contribution in [2.24, 2.45) is 5.92 Å². The predicted octanol–water partition coefficient (Wildman–Crippen LogP) is 2.98. The van der Waals surface area contributed by atoms with Crippen LogP contribution in [0.5, 0.6) is 0 Å². The number of pyridine rings is 2. The van der Waals surface area contributed by atoms with Gasteiger partial charge in [-0.1, -0.05) is 6.58 Å². The van der Waals surface area contributed by atoms with E-state index < -0.39 is 0 Å². The van der Waals surface area contributed by atoms with E-state index in [0.717, 1.165) is 43.0 Å². The first-order chi connectivity index (χ1) is 16.1. The van der Waals surface area contributed by atoms with Crippen molar-refractivity contribution in [1.29, 1.82) is 0 Å². The summed E-state index contributed by atoms with van der Waals surface area (Å²) in [7, 11) is 0. The number of carbonyl (C=O) groups is 1. The number of hydrogen-bond donors (Lipinski definition) is 2. The molecule has 0 spiro atoms. The molecule has 0 unspecified atom stereocenters. The molecule has 0 aromatic carbocycles. The lowest BCUT2D eigenvalue weighted by molar-refractivity contribution is -0.135. The smallest absolute Gasteiger partial charge is 0.225 e. The Kier molecular flexibility index (Phi) is 6.06. The fourth-order valence-corrected chi connectivity index (χ4v) is 5.05. The molecule has 0 radical (unpaired) electrons. The number of nitrogens with two attached hydrogens (primary N) is 1. The lowest BCUT2D eigenvalue weighted by Crippen LogP contribution is -2.56. The van der Waals surface area contributed by atoms with E-state index in [2.05, 4.69) is 28.6 Å². The molecule has 2 saturated carbocycles. The van der Waals surface area contributed by atoms with Crippen LogP contribution in [0.3, 0.4) is 0 Å². The largest absolute Gasteiger partial charge is 0.396 e. The van der Waals surface area contributed by atoms with Crippen molar-refractivity contribution >= 4 is 23.5 Å². The summed E-state index contributed by atoms with van der Waals surface area (Å²) in [6.07, 6.45) is 9.24. The van der Waals surface area contributed by atoms with Crippen molar-refractivity contribution in [2.45, 2.75) is 50.5 Å². The van der Waals surface area contributed by atoms with Crippen molar-refractivity contribution in [3.8, 4) is 0 Å². The zero-order valence-corrected chi connectivity index (χ0v) is 19.1. The highest BCUT2D eigenvalue weighted by atomic mass is 16.3. The molecular weight excluding hydrogens is 414 g/mol. The van der Waals surface area contributed by atoms with Gasteiger partial charge in [-0.05, 0) is 73.4 Å². The molecule has 1 aliphatic heterocycles. The molecule has 1 atom stereocenters. The van der Waals surface area contributed by atoms with Gasteiger partial charge in [0, 0.05) is 43.9 Å². The van der Waals surface area contributed by atoms with Gasteiger partial charge in [0.05, 0.1) is 24.0 Å². The van der Waals surface area contributed by atoms with Crippen LogP contribution in [-0.4, -0.2) is 58.2 Å². The average Bonchev–Trinajstić information content (AvgIpc) is 3.72. The summed E-state index contributed by atoms with van der Waals surface area (Å²) in [5, 5.41) is 9.23. The number of aromatic nitrogens is 2. The van der Waals surface area contributed by atoms with Gasteiger partial charge in [-0.15, -0.1) is 0 Å². The summed E-state index contributed by atoms with van der Waals surface area (Å²) < 4.78 is 0. The normalized spacial score (nSPS) is 20.7. The van der Waals surface area contributed by atoms with Crippen molar-refractivity contribution in [3.05, 3.63) is 53.5 Å². The first-order valence-electron chi connectivity index (χ1n) is 12.1. The Labute approximate surface area is 195 Å². The van der Waals surface area contributed by atoms with Gasteiger partial charge in [0.2, 0.25) is 5.91 Å². The second-order valence-corrected chi connectivity index (χ2v) is 9.60. The van der Waals surface area contributed by atoms with Gasteiger partial charge in [0.1, 0.15) is 0 Å². The fourth-order valence-electron chi connectivity index (χ4n) is 5.05. The number of nitrogens with zero attached hydrogens (tertiary/aromatic N) is 4. The second kappa shape index (κ2) is 9.14. The summed E-state index contributed by atoms with van der Waals surface area (Å²) >= 11 is 0. The van der Waals surface area contributed by atoms with Crippen molar-refractivity contribution in [1.82, 2.24) is 14.9 Å². The Bertz CT molecular complexity index is 1050. The number of amides is 1.